The summed E-state index contributed by atoms with van der Waals surface area (Å²) in [6.45, 7) is 0.654. The first kappa shape index (κ1) is 13.8. The largest absolute Gasteiger partial charge is 0.286 e. The van der Waals surface area contributed by atoms with E-state index in [1.54, 1.807) is 12.4 Å². The van der Waals surface area contributed by atoms with Crippen molar-refractivity contribution < 1.29 is 9.36 Å². The van der Waals surface area contributed by atoms with E-state index in [1.807, 2.05) is 41.2 Å². The second-order valence-corrected chi connectivity index (χ2v) is 5.41. The van der Waals surface area contributed by atoms with E-state index in [0.717, 1.165) is 16.8 Å². The SMILES string of the molecule is O=C(Br)CC[n+]1ccc(-c2ccc3nccnc3n2)cc1. The highest BCUT2D eigenvalue weighted by Crippen LogP contribution is 2.17. The Morgan fingerprint density at radius 2 is 1.86 bits per heavy atom. The van der Waals surface area contributed by atoms with Crippen LogP contribution < -0.4 is 4.57 Å². The lowest BCUT2D eigenvalue weighted by Crippen LogP contribution is -2.33. The lowest BCUT2D eigenvalue weighted by Gasteiger charge is -2.01. The molecule has 3 heterocycles. The standard InChI is InChI=1S/C15H12BrN4O/c16-14(21)5-10-20-8-3-11(4-9-20)12-1-2-13-15(19-12)18-7-6-17-13/h1-4,6-9H,5,10H2/q+1. The molecule has 0 N–H and O–H groups in total. The maximum Gasteiger partial charge on any atom is 0.204 e. The molecule has 0 aliphatic rings. The summed E-state index contributed by atoms with van der Waals surface area (Å²) in [6.07, 6.45) is 7.63. The predicted octanol–water partition coefficient (Wildman–Crippen LogP) is 2.29. The molecule has 104 valence electrons. The average molecular weight is 344 g/mol. The third kappa shape index (κ3) is 3.28. The minimum absolute atomic E-state index is 0.00819. The number of fused-ring (bicyclic) bond motifs is 1. The van der Waals surface area contributed by atoms with Gasteiger partial charge in [0.1, 0.15) is 5.52 Å². The van der Waals surface area contributed by atoms with Crippen molar-refractivity contribution in [2.75, 3.05) is 0 Å². The molecule has 0 saturated heterocycles. The van der Waals surface area contributed by atoms with Crippen molar-refractivity contribution in [3.05, 3.63) is 49.1 Å². The molecule has 3 aromatic heterocycles. The Balaban J connectivity index is 1.86. The summed E-state index contributed by atoms with van der Waals surface area (Å²) in [7, 11) is 0. The van der Waals surface area contributed by atoms with Crippen LogP contribution in [0.3, 0.4) is 0 Å². The quantitative estimate of drug-likeness (QED) is 0.538. The van der Waals surface area contributed by atoms with E-state index in [-0.39, 0.29) is 4.69 Å². The number of aromatic nitrogens is 4. The number of pyridine rings is 2. The molecule has 0 saturated carbocycles. The topological polar surface area (TPSA) is 59.6 Å². The second-order valence-electron chi connectivity index (χ2n) is 4.53. The Morgan fingerprint density at radius 1 is 1.10 bits per heavy atom. The van der Waals surface area contributed by atoms with Gasteiger partial charge in [-0.05, 0) is 28.1 Å². The molecule has 3 aromatic rings. The molecule has 0 aliphatic carbocycles. The van der Waals surface area contributed by atoms with Crippen molar-refractivity contribution in [2.24, 2.45) is 0 Å². The van der Waals surface area contributed by atoms with Gasteiger partial charge in [0.15, 0.2) is 24.6 Å². The van der Waals surface area contributed by atoms with Crippen molar-refractivity contribution in [1.29, 1.82) is 0 Å². The summed E-state index contributed by atoms with van der Waals surface area (Å²) >= 11 is 2.93. The van der Waals surface area contributed by atoms with Crippen LogP contribution in [0.4, 0.5) is 0 Å². The monoisotopic (exact) mass is 343 g/mol. The molecule has 0 spiro atoms. The highest BCUT2D eigenvalue weighted by molar-refractivity contribution is 9.18. The fraction of sp³-hybridized carbons (Fsp3) is 0.133. The fourth-order valence-corrected chi connectivity index (χ4v) is 2.19. The average Bonchev–Trinajstić information content (AvgIpc) is 2.53. The number of hydrogen-bond acceptors (Lipinski definition) is 4. The first-order valence-corrected chi connectivity index (χ1v) is 7.27. The number of aryl methyl sites for hydroxylation is 1. The summed E-state index contributed by atoms with van der Waals surface area (Å²) in [6, 6.07) is 7.79. The third-order valence-corrected chi connectivity index (χ3v) is 3.48. The highest BCUT2D eigenvalue weighted by atomic mass is 79.9. The molecule has 0 aromatic carbocycles. The van der Waals surface area contributed by atoms with Gasteiger partial charge in [-0.25, -0.2) is 14.5 Å². The summed E-state index contributed by atoms with van der Waals surface area (Å²) in [5.74, 6) is 0. The van der Waals surface area contributed by atoms with Gasteiger partial charge in [0.2, 0.25) is 4.69 Å². The number of halogens is 1. The van der Waals surface area contributed by atoms with E-state index in [4.69, 9.17) is 0 Å². The molecule has 5 nitrogen and oxygen atoms in total. The third-order valence-electron chi connectivity index (χ3n) is 3.09. The summed E-state index contributed by atoms with van der Waals surface area (Å²) < 4.78 is 1.97. The zero-order valence-corrected chi connectivity index (χ0v) is 12.7. The van der Waals surface area contributed by atoms with Gasteiger partial charge < -0.3 is 0 Å². The van der Waals surface area contributed by atoms with Gasteiger partial charge in [-0.2, -0.15) is 0 Å². The van der Waals surface area contributed by atoms with Gasteiger partial charge in [-0.1, -0.05) is 0 Å². The minimum Gasteiger partial charge on any atom is -0.286 e. The molecule has 0 amide bonds. The number of carbonyl (C=O) groups is 1. The van der Waals surface area contributed by atoms with E-state index in [2.05, 4.69) is 30.9 Å². The Morgan fingerprint density at radius 3 is 2.62 bits per heavy atom. The lowest BCUT2D eigenvalue weighted by molar-refractivity contribution is -0.695. The summed E-state index contributed by atoms with van der Waals surface area (Å²) in [5.41, 5.74) is 3.27. The van der Waals surface area contributed by atoms with Crippen molar-refractivity contribution in [3.63, 3.8) is 0 Å². The van der Waals surface area contributed by atoms with Crippen LogP contribution in [-0.4, -0.2) is 19.6 Å². The van der Waals surface area contributed by atoms with Crippen LogP contribution in [0.15, 0.2) is 49.1 Å². The smallest absolute Gasteiger partial charge is 0.204 e. The van der Waals surface area contributed by atoms with Crippen LogP contribution in [0.1, 0.15) is 6.42 Å². The molecule has 0 aliphatic heterocycles. The maximum absolute atomic E-state index is 10.9. The molecule has 0 unspecified atom stereocenters. The summed E-state index contributed by atoms with van der Waals surface area (Å²) in [4.78, 5) is 23.8. The maximum atomic E-state index is 10.9. The zero-order chi connectivity index (χ0) is 14.7. The molecule has 6 heteroatoms. The van der Waals surface area contributed by atoms with Crippen LogP contribution in [0.2, 0.25) is 0 Å². The Bertz CT molecular complexity index is 789. The minimum atomic E-state index is 0.00819. The summed E-state index contributed by atoms with van der Waals surface area (Å²) in [5, 5.41) is 0. The molecule has 0 bridgehead atoms. The molecule has 0 atom stereocenters. The first-order chi connectivity index (χ1) is 10.2. The van der Waals surface area contributed by atoms with Gasteiger partial charge in [-0.3, -0.25) is 9.78 Å². The van der Waals surface area contributed by atoms with E-state index < -0.39 is 0 Å². The predicted molar refractivity (Wildman–Crippen MR) is 81.5 cm³/mol. The van der Waals surface area contributed by atoms with E-state index in [1.165, 1.54) is 0 Å². The van der Waals surface area contributed by atoms with Gasteiger partial charge >= 0.3 is 0 Å². The molecule has 0 fully saturated rings. The second kappa shape index (κ2) is 6.05. The van der Waals surface area contributed by atoms with Crippen LogP contribution in [0.5, 0.6) is 0 Å². The lowest BCUT2D eigenvalue weighted by atomic mass is 10.2. The highest BCUT2D eigenvalue weighted by Gasteiger charge is 2.07. The first-order valence-electron chi connectivity index (χ1n) is 6.48. The van der Waals surface area contributed by atoms with Crippen LogP contribution >= 0.6 is 15.9 Å². The zero-order valence-electron chi connectivity index (χ0n) is 11.1. The number of nitrogens with zero attached hydrogens (tertiary/aromatic N) is 4. The number of rotatable bonds is 4. The molecule has 3 rings (SSSR count). The fourth-order valence-electron chi connectivity index (χ4n) is 2.01. The molecule has 0 radical (unpaired) electrons. The van der Waals surface area contributed by atoms with Gasteiger partial charge in [0.25, 0.3) is 0 Å². The molecule has 21 heavy (non-hydrogen) atoms. The van der Waals surface area contributed by atoms with Crippen molar-refractivity contribution in [1.82, 2.24) is 15.0 Å². The van der Waals surface area contributed by atoms with Crippen LogP contribution in [-0.2, 0) is 11.3 Å². The van der Waals surface area contributed by atoms with Crippen LogP contribution in [0, 0.1) is 0 Å². The van der Waals surface area contributed by atoms with Gasteiger partial charge in [0, 0.05) is 30.1 Å². The molecular weight excluding hydrogens is 332 g/mol. The van der Waals surface area contributed by atoms with Crippen molar-refractivity contribution in [2.45, 2.75) is 13.0 Å². The van der Waals surface area contributed by atoms with E-state index in [9.17, 15) is 4.79 Å². The molecular formula is C15H12BrN4O+. The Hall–Kier alpha value is -2.21. The van der Waals surface area contributed by atoms with Gasteiger partial charge in [-0.15, -0.1) is 0 Å². The van der Waals surface area contributed by atoms with Crippen molar-refractivity contribution >= 4 is 31.8 Å². The van der Waals surface area contributed by atoms with Crippen molar-refractivity contribution in [3.8, 4) is 11.3 Å². The van der Waals surface area contributed by atoms with E-state index in [0.29, 0.717) is 18.6 Å². The number of hydrogen-bond donors (Lipinski definition) is 0. The number of carbonyl (C=O) groups excluding carboxylic acids is 1. The van der Waals surface area contributed by atoms with Gasteiger partial charge in [0.05, 0.1) is 12.1 Å². The normalized spacial score (nSPS) is 10.7. The van der Waals surface area contributed by atoms with Crippen LogP contribution in [0.25, 0.3) is 22.4 Å². The van der Waals surface area contributed by atoms with E-state index >= 15 is 0 Å². The Kier molecular flexibility index (Phi) is 3.96. The Labute approximate surface area is 129 Å².